The molecular weight excluding hydrogens is 178 g/mol. The number of amides is 1. The van der Waals surface area contributed by atoms with E-state index in [0.717, 1.165) is 19.5 Å². The molecular formula is C10H21N3O. The van der Waals surface area contributed by atoms with Gasteiger partial charge in [0.05, 0.1) is 0 Å². The average molecular weight is 199 g/mol. The molecule has 0 aromatic heterocycles. The Balaban J connectivity index is 3.18. The van der Waals surface area contributed by atoms with Crippen LogP contribution in [-0.4, -0.2) is 32.1 Å². The van der Waals surface area contributed by atoms with Gasteiger partial charge in [-0.1, -0.05) is 12.2 Å². The van der Waals surface area contributed by atoms with Crippen LogP contribution in [0.5, 0.6) is 0 Å². The zero-order valence-electron chi connectivity index (χ0n) is 8.88. The van der Waals surface area contributed by atoms with Crippen molar-refractivity contribution in [1.82, 2.24) is 10.6 Å². The maximum Gasteiger partial charge on any atom is 0.220 e. The van der Waals surface area contributed by atoms with Crippen molar-refractivity contribution in [1.29, 1.82) is 0 Å². The van der Waals surface area contributed by atoms with Gasteiger partial charge in [0.2, 0.25) is 5.91 Å². The molecule has 0 saturated heterocycles. The summed E-state index contributed by atoms with van der Waals surface area (Å²) in [6, 6.07) is 0. The second-order valence-corrected chi connectivity index (χ2v) is 3.00. The highest BCUT2D eigenvalue weighted by atomic mass is 16.1. The summed E-state index contributed by atoms with van der Waals surface area (Å²) in [5.74, 6) is 0.109. The Morgan fingerprint density at radius 2 is 2.14 bits per heavy atom. The van der Waals surface area contributed by atoms with E-state index in [-0.39, 0.29) is 5.91 Å². The van der Waals surface area contributed by atoms with Gasteiger partial charge in [0.25, 0.3) is 0 Å². The molecule has 0 rings (SSSR count). The molecule has 1 amide bonds. The molecule has 82 valence electrons. The molecule has 0 bridgehead atoms. The summed E-state index contributed by atoms with van der Waals surface area (Å²) in [7, 11) is 0. The van der Waals surface area contributed by atoms with Crippen LogP contribution in [0.4, 0.5) is 0 Å². The number of hydrogen-bond acceptors (Lipinski definition) is 3. The van der Waals surface area contributed by atoms with E-state index in [4.69, 9.17) is 5.73 Å². The minimum atomic E-state index is 0.109. The number of nitrogens with two attached hydrogens (primary N) is 1. The normalized spacial score (nSPS) is 10.7. The number of carbonyl (C=O) groups is 1. The molecule has 4 nitrogen and oxygen atoms in total. The summed E-state index contributed by atoms with van der Waals surface area (Å²) in [6.07, 6.45) is 5.34. The van der Waals surface area contributed by atoms with E-state index in [2.05, 4.69) is 10.6 Å². The van der Waals surface area contributed by atoms with Crippen molar-refractivity contribution in [2.75, 3.05) is 26.2 Å². The standard InChI is InChI=1S/C10H21N3O/c1-2-3-4-5-10(14)13-9-8-12-7-6-11/h2-3,12H,4-9,11H2,1H3,(H,13,14)/b3-2+. The quantitative estimate of drug-likeness (QED) is 0.381. The Morgan fingerprint density at radius 1 is 1.36 bits per heavy atom. The Kier molecular flexibility index (Phi) is 9.58. The minimum absolute atomic E-state index is 0.109. The second kappa shape index (κ2) is 10.2. The van der Waals surface area contributed by atoms with E-state index < -0.39 is 0 Å². The van der Waals surface area contributed by atoms with Crippen molar-refractivity contribution >= 4 is 5.91 Å². The van der Waals surface area contributed by atoms with Crippen LogP contribution in [0.2, 0.25) is 0 Å². The molecule has 14 heavy (non-hydrogen) atoms. The smallest absolute Gasteiger partial charge is 0.220 e. The molecule has 0 heterocycles. The molecule has 0 aromatic rings. The van der Waals surface area contributed by atoms with E-state index in [9.17, 15) is 4.79 Å². The highest BCUT2D eigenvalue weighted by molar-refractivity contribution is 5.75. The molecule has 0 radical (unpaired) electrons. The van der Waals surface area contributed by atoms with Crippen LogP contribution in [-0.2, 0) is 4.79 Å². The zero-order chi connectivity index (χ0) is 10.6. The van der Waals surface area contributed by atoms with E-state index in [1.165, 1.54) is 0 Å². The van der Waals surface area contributed by atoms with Crippen molar-refractivity contribution in [2.45, 2.75) is 19.8 Å². The van der Waals surface area contributed by atoms with Crippen LogP contribution in [0.3, 0.4) is 0 Å². The summed E-state index contributed by atoms with van der Waals surface area (Å²) in [6.45, 7) is 4.85. The fourth-order valence-electron chi connectivity index (χ4n) is 0.987. The molecule has 0 spiro atoms. The average Bonchev–Trinajstić information content (AvgIpc) is 2.18. The highest BCUT2D eigenvalue weighted by Crippen LogP contribution is 1.89. The lowest BCUT2D eigenvalue weighted by molar-refractivity contribution is -0.120. The molecule has 0 atom stereocenters. The Morgan fingerprint density at radius 3 is 2.79 bits per heavy atom. The van der Waals surface area contributed by atoms with Crippen LogP contribution in [0.15, 0.2) is 12.2 Å². The number of hydrogen-bond donors (Lipinski definition) is 3. The van der Waals surface area contributed by atoms with E-state index in [1.807, 2.05) is 19.1 Å². The lowest BCUT2D eigenvalue weighted by Crippen LogP contribution is -2.33. The van der Waals surface area contributed by atoms with Crippen molar-refractivity contribution in [3.05, 3.63) is 12.2 Å². The first-order valence-corrected chi connectivity index (χ1v) is 5.10. The van der Waals surface area contributed by atoms with Crippen molar-refractivity contribution in [3.63, 3.8) is 0 Å². The third-order valence-corrected chi connectivity index (χ3v) is 1.72. The van der Waals surface area contributed by atoms with Gasteiger partial charge < -0.3 is 16.4 Å². The summed E-state index contributed by atoms with van der Waals surface area (Å²) < 4.78 is 0. The van der Waals surface area contributed by atoms with E-state index in [0.29, 0.717) is 19.5 Å². The molecule has 0 aliphatic carbocycles. The topological polar surface area (TPSA) is 67.2 Å². The van der Waals surface area contributed by atoms with Crippen LogP contribution in [0.1, 0.15) is 19.8 Å². The maximum atomic E-state index is 11.2. The minimum Gasteiger partial charge on any atom is -0.355 e. The Labute approximate surface area is 85.9 Å². The molecule has 4 N–H and O–H groups in total. The molecule has 0 aliphatic heterocycles. The molecule has 0 fully saturated rings. The number of rotatable bonds is 8. The fraction of sp³-hybridized carbons (Fsp3) is 0.700. The van der Waals surface area contributed by atoms with Gasteiger partial charge >= 0.3 is 0 Å². The van der Waals surface area contributed by atoms with Crippen molar-refractivity contribution < 1.29 is 4.79 Å². The maximum absolute atomic E-state index is 11.2. The molecule has 0 saturated carbocycles. The summed E-state index contributed by atoms with van der Waals surface area (Å²) >= 11 is 0. The van der Waals surface area contributed by atoms with Gasteiger partial charge in [-0.3, -0.25) is 4.79 Å². The summed E-state index contributed by atoms with van der Waals surface area (Å²) in [4.78, 5) is 11.2. The number of carbonyl (C=O) groups excluding carboxylic acids is 1. The van der Waals surface area contributed by atoms with E-state index in [1.54, 1.807) is 0 Å². The van der Waals surface area contributed by atoms with Gasteiger partial charge in [0.15, 0.2) is 0 Å². The highest BCUT2D eigenvalue weighted by Gasteiger charge is 1.97. The molecule has 0 unspecified atom stereocenters. The van der Waals surface area contributed by atoms with Crippen molar-refractivity contribution in [2.24, 2.45) is 5.73 Å². The van der Waals surface area contributed by atoms with E-state index >= 15 is 0 Å². The van der Waals surface area contributed by atoms with Crippen LogP contribution in [0, 0.1) is 0 Å². The third kappa shape index (κ3) is 9.22. The Hall–Kier alpha value is -0.870. The van der Waals surface area contributed by atoms with Gasteiger partial charge in [0, 0.05) is 32.6 Å². The largest absolute Gasteiger partial charge is 0.355 e. The molecule has 0 aromatic carbocycles. The van der Waals surface area contributed by atoms with Crippen LogP contribution >= 0.6 is 0 Å². The number of allylic oxidation sites excluding steroid dienone is 2. The molecule has 0 aliphatic rings. The number of nitrogens with one attached hydrogen (secondary N) is 2. The lowest BCUT2D eigenvalue weighted by Gasteiger charge is -2.04. The first-order valence-electron chi connectivity index (χ1n) is 5.10. The zero-order valence-corrected chi connectivity index (χ0v) is 8.88. The summed E-state index contributed by atoms with van der Waals surface area (Å²) in [5, 5.41) is 5.93. The molecule has 4 heteroatoms. The van der Waals surface area contributed by atoms with Crippen LogP contribution in [0.25, 0.3) is 0 Å². The van der Waals surface area contributed by atoms with Crippen LogP contribution < -0.4 is 16.4 Å². The third-order valence-electron chi connectivity index (χ3n) is 1.72. The first kappa shape index (κ1) is 13.1. The monoisotopic (exact) mass is 199 g/mol. The predicted octanol–water partition coefficient (Wildman–Crippen LogP) is 0.00720. The fourth-order valence-corrected chi connectivity index (χ4v) is 0.987. The van der Waals surface area contributed by atoms with Gasteiger partial charge in [-0.15, -0.1) is 0 Å². The predicted molar refractivity (Wildman–Crippen MR) is 59.0 cm³/mol. The SMILES string of the molecule is C/C=C/CCC(=O)NCCNCCN. The van der Waals surface area contributed by atoms with Gasteiger partial charge in [-0.05, 0) is 13.3 Å². The van der Waals surface area contributed by atoms with Gasteiger partial charge in [-0.25, -0.2) is 0 Å². The van der Waals surface area contributed by atoms with Gasteiger partial charge in [0.1, 0.15) is 0 Å². The summed E-state index contributed by atoms with van der Waals surface area (Å²) in [5.41, 5.74) is 5.29. The van der Waals surface area contributed by atoms with Gasteiger partial charge in [-0.2, -0.15) is 0 Å². The second-order valence-electron chi connectivity index (χ2n) is 3.00. The first-order chi connectivity index (χ1) is 6.81. The lowest BCUT2D eigenvalue weighted by atomic mass is 10.3. The Bertz CT molecular complexity index is 169. The van der Waals surface area contributed by atoms with Crippen molar-refractivity contribution in [3.8, 4) is 0 Å².